The predicted molar refractivity (Wildman–Crippen MR) is 125 cm³/mol. The van der Waals surface area contributed by atoms with Crippen LogP contribution in [0.2, 0.25) is 0 Å². The van der Waals surface area contributed by atoms with Crippen molar-refractivity contribution >= 4 is 33.3 Å². The van der Waals surface area contributed by atoms with Gasteiger partial charge in [-0.15, -0.1) is 0 Å². The van der Waals surface area contributed by atoms with Gasteiger partial charge in [0.2, 0.25) is 0 Å². The third-order valence-electron chi connectivity index (χ3n) is 5.97. The second-order valence-electron chi connectivity index (χ2n) is 8.00. The second-order valence-corrected chi connectivity index (χ2v) is 8.00. The van der Waals surface area contributed by atoms with Crippen LogP contribution in [0, 0.1) is 0 Å². The fraction of sp³-hybridized carbons (Fsp3) is 0.231. The van der Waals surface area contributed by atoms with Crippen LogP contribution in [0.15, 0.2) is 82.0 Å². The van der Waals surface area contributed by atoms with Crippen molar-refractivity contribution in [3.05, 3.63) is 83.2 Å². The Labute approximate surface area is 185 Å². The van der Waals surface area contributed by atoms with Crippen molar-refractivity contribution in [2.45, 2.75) is 13.0 Å². The molecule has 1 fully saturated rings. The third kappa shape index (κ3) is 3.80. The number of ether oxygens (including phenoxy) is 1. The Kier molecular flexibility index (Phi) is 5.27. The van der Waals surface area contributed by atoms with Crippen LogP contribution in [0.3, 0.4) is 0 Å². The highest BCUT2D eigenvalue weighted by Crippen LogP contribution is 2.27. The first kappa shape index (κ1) is 20.1. The van der Waals surface area contributed by atoms with Gasteiger partial charge in [-0.3, -0.25) is 4.79 Å². The van der Waals surface area contributed by atoms with E-state index in [-0.39, 0.29) is 11.5 Å². The number of benzene rings is 3. The number of para-hydroxylation sites is 1. The normalized spacial score (nSPS) is 15.2. The largest absolute Gasteiger partial charge is 0.481 e. The molecule has 1 aliphatic heterocycles. The van der Waals surface area contributed by atoms with Gasteiger partial charge in [-0.2, -0.15) is 0 Å². The first-order valence-electron chi connectivity index (χ1n) is 10.8. The Balaban J connectivity index is 1.28. The number of rotatable bonds is 4. The molecule has 0 N–H and O–H groups in total. The molecule has 5 rings (SSSR count). The molecule has 1 aliphatic rings. The van der Waals surface area contributed by atoms with Crippen molar-refractivity contribution in [1.82, 2.24) is 4.90 Å². The Morgan fingerprint density at radius 3 is 2.31 bits per heavy atom. The van der Waals surface area contributed by atoms with Crippen molar-refractivity contribution in [3.8, 4) is 5.75 Å². The molecule has 6 nitrogen and oxygen atoms in total. The number of amides is 1. The van der Waals surface area contributed by atoms with Gasteiger partial charge in [0.15, 0.2) is 6.10 Å². The second kappa shape index (κ2) is 8.38. The summed E-state index contributed by atoms with van der Waals surface area (Å²) in [5.74, 6) is 0.456. The van der Waals surface area contributed by atoms with E-state index in [0.717, 1.165) is 23.9 Å². The van der Waals surface area contributed by atoms with Gasteiger partial charge in [0.25, 0.3) is 5.91 Å². The van der Waals surface area contributed by atoms with Crippen LogP contribution in [0.25, 0.3) is 21.7 Å². The van der Waals surface area contributed by atoms with Gasteiger partial charge < -0.3 is 19.0 Å². The summed E-state index contributed by atoms with van der Waals surface area (Å²) in [4.78, 5) is 29.4. The summed E-state index contributed by atoms with van der Waals surface area (Å²) in [5.41, 5.74) is 1.24. The van der Waals surface area contributed by atoms with Gasteiger partial charge in [0, 0.05) is 43.3 Å². The molecule has 6 heteroatoms. The fourth-order valence-electron chi connectivity index (χ4n) is 4.27. The molecule has 1 amide bonds. The van der Waals surface area contributed by atoms with Crippen LogP contribution < -0.4 is 15.3 Å². The first-order chi connectivity index (χ1) is 15.6. The van der Waals surface area contributed by atoms with Crippen LogP contribution in [-0.4, -0.2) is 43.1 Å². The number of carbonyl (C=O) groups is 1. The number of piperazine rings is 1. The van der Waals surface area contributed by atoms with Crippen molar-refractivity contribution in [2.75, 3.05) is 31.1 Å². The zero-order chi connectivity index (χ0) is 22.1. The van der Waals surface area contributed by atoms with Crippen molar-refractivity contribution < 1.29 is 13.9 Å². The summed E-state index contributed by atoms with van der Waals surface area (Å²) in [6, 6.07) is 22.9. The number of anilines is 1. The lowest BCUT2D eigenvalue weighted by Gasteiger charge is -2.37. The van der Waals surface area contributed by atoms with Crippen molar-refractivity contribution in [1.29, 1.82) is 0 Å². The van der Waals surface area contributed by atoms with Gasteiger partial charge in [-0.25, -0.2) is 4.79 Å². The number of nitrogens with zero attached hydrogens (tertiary/aromatic N) is 2. The standard InChI is InChI=1S/C26H24N2O4/c1-18(25(29)28-15-13-27(14-16-28)19-7-3-2-4-8-19)31-20-11-12-22-21-9-5-6-10-23(21)26(30)32-24(22)17-20/h2-12,17-18H,13-16H2,1H3/t18-/m0/s1. The lowest BCUT2D eigenvalue weighted by molar-refractivity contribution is -0.138. The topological polar surface area (TPSA) is 63.0 Å². The summed E-state index contributed by atoms with van der Waals surface area (Å²) < 4.78 is 11.4. The van der Waals surface area contributed by atoms with Crippen LogP contribution in [0.1, 0.15) is 6.92 Å². The van der Waals surface area contributed by atoms with Gasteiger partial charge in [-0.05, 0) is 42.6 Å². The minimum absolute atomic E-state index is 0.0437. The molecule has 0 bridgehead atoms. The SMILES string of the molecule is C[C@H](Oc1ccc2c(c1)oc(=O)c1ccccc12)C(=O)N1CCN(c2ccccc2)CC1. The van der Waals surface area contributed by atoms with Crippen molar-refractivity contribution in [3.63, 3.8) is 0 Å². The number of hydrogen-bond acceptors (Lipinski definition) is 5. The van der Waals surface area contributed by atoms with E-state index in [1.165, 1.54) is 5.69 Å². The molecule has 4 aromatic rings. The Morgan fingerprint density at radius 2 is 1.56 bits per heavy atom. The molecule has 0 saturated carbocycles. The van der Waals surface area contributed by atoms with Gasteiger partial charge in [0.05, 0.1) is 5.39 Å². The monoisotopic (exact) mass is 428 g/mol. The van der Waals surface area contributed by atoms with Crippen LogP contribution in [0.4, 0.5) is 5.69 Å². The Bertz CT molecular complexity index is 1320. The lowest BCUT2D eigenvalue weighted by Crippen LogP contribution is -2.52. The van der Waals surface area contributed by atoms with Crippen LogP contribution >= 0.6 is 0 Å². The maximum absolute atomic E-state index is 12.9. The third-order valence-corrected chi connectivity index (χ3v) is 5.97. The molecule has 0 spiro atoms. The summed E-state index contributed by atoms with van der Waals surface area (Å²) in [6.07, 6.45) is -0.636. The molecule has 0 unspecified atom stereocenters. The molecule has 3 aromatic carbocycles. The molecule has 162 valence electrons. The molecular weight excluding hydrogens is 404 g/mol. The highest BCUT2D eigenvalue weighted by atomic mass is 16.5. The smallest absolute Gasteiger partial charge is 0.344 e. The maximum Gasteiger partial charge on any atom is 0.344 e. The van der Waals surface area contributed by atoms with Gasteiger partial charge >= 0.3 is 5.63 Å². The Hall–Kier alpha value is -3.80. The van der Waals surface area contributed by atoms with Gasteiger partial charge in [0.1, 0.15) is 11.3 Å². The molecule has 2 heterocycles. The molecule has 1 atom stereocenters. The average molecular weight is 428 g/mol. The summed E-state index contributed by atoms with van der Waals surface area (Å²) in [6.45, 7) is 4.64. The number of fused-ring (bicyclic) bond motifs is 3. The minimum atomic E-state index is -0.636. The first-order valence-corrected chi connectivity index (χ1v) is 10.8. The lowest BCUT2D eigenvalue weighted by atomic mass is 10.1. The van der Waals surface area contributed by atoms with E-state index < -0.39 is 6.10 Å². The van der Waals surface area contributed by atoms with E-state index in [2.05, 4.69) is 17.0 Å². The summed E-state index contributed by atoms with van der Waals surface area (Å²) >= 11 is 0. The quantitative estimate of drug-likeness (QED) is 0.362. The molecule has 1 aromatic heterocycles. The fourth-order valence-corrected chi connectivity index (χ4v) is 4.27. The molecule has 1 saturated heterocycles. The van der Waals surface area contributed by atoms with E-state index in [1.807, 2.05) is 53.4 Å². The van der Waals surface area contributed by atoms with Crippen LogP contribution in [0.5, 0.6) is 5.75 Å². The number of hydrogen-bond donors (Lipinski definition) is 0. The molecule has 0 aliphatic carbocycles. The van der Waals surface area contributed by atoms with E-state index in [0.29, 0.717) is 29.8 Å². The zero-order valence-corrected chi connectivity index (χ0v) is 17.9. The minimum Gasteiger partial charge on any atom is -0.481 e. The van der Waals surface area contributed by atoms with E-state index in [4.69, 9.17) is 9.15 Å². The summed E-state index contributed by atoms with van der Waals surface area (Å²) in [5, 5.41) is 2.22. The van der Waals surface area contributed by atoms with Gasteiger partial charge in [-0.1, -0.05) is 36.4 Å². The van der Waals surface area contributed by atoms with Crippen LogP contribution in [-0.2, 0) is 4.79 Å². The average Bonchev–Trinajstić information content (AvgIpc) is 2.84. The highest BCUT2D eigenvalue weighted by molar-refractivity contribution is 6.04. The van der Waals surface area contributed by atoms with E-state index in [9.17, 15) is 9.59 Å². The maximum atomic E-state index is 12.9. The molecule has 32 heavy (non-hydrogen) atoms. The summed E-state index contributed by atoms with van der Waals surface area (Å²) in [7, 11) is 0. The Morgan fingerprint density at radius 1 is 0.875 bits per heavy atom. The molecule has 0 radical (unpaired) electrons. The number of carbonyl (C=O) groups excluding carboxylic acids is 1. The van der Waals surface area contributed by atoms with E-state index in [1.54, 1.807) is 19.1 Å². The molecular formula is C26H24N2O4. The van der Waals surface area contributed by atoms with E-state index >= 15 is 0 Å². The zero-order valence-electron chi connectivity index (χ0n) is 17.9. The van der Waals surface area contributed by atoms with Crippen molar-refractivity contribution in [2.24, 2.45) is 0 Å². The highest BCUT2D eigenvalue weighted by Gasteiger charge is 2.26. The predicted octanol–water partition coefficient (Wildman–Crippen LogP) is 4.06.